The highest BCUT2D eigenvalue weighted by Gasteiger charge is 2.44. The van der Waals surface area contributed by atoms with Crippen molar-refractivity contribution in [3.63, 3.8) is 0 Å². The van der Waals surface area contributed by atoms with E-state index in [9.17, 15) is 38.3 Å². The first kappa shape index (κ1) is 23.3. The van der Waals surface area contributed by atoms with Gasteiger partial charge < -0.3 is 24.3 Å². The number of ether oxygens (including phenoxy) is 1. The molecule has 0 saturated carbocycles. The van der Waals surface area contributed by atoms with E-state index in [1.165, 1.54) is 29.2 Å². The number of benzene rings is 2. The van der Waals surface area contributed by atoms with Gasteiger partial charge >= 0.3 is 15.2 Å². The van der Waals surface area contributed by atoms with Crippen LogP contribution in [0.2, 0.25) is 0 Å². The van der Waals surface area contributed by atoms with Crippen LogP contribution in [0, 0.1) is 0 Å². The van der Waals surface area contributed by atoms with Gasteiger partial charge in [-0.2, -0.15) is 0 Å². The SMILES string of the molecule is CC(CCOc1ccc(C(P(=O)(O)O)P(=O)(O)O)cc1)N1C(=O)c2ccccc2C1=O. The quantitative estimate of drug-likeness (QED) is 0.336. The van der Waals surface area contributed by atoms with Gasteiger partial charge in [-0.15, -0.1) is 0 Å². The molecule has 0 bridgehead atoms. The minimum absolute atomic E-state index is 0.133. The van der Waals surface area contributed by atoms with Crippen LogP contribution in [0.3, 0.4) is 0 Å². The van der Waals surface area contributed by atoms with Crippen molar-refractivity contribution < 1.29 is 43.0 Å². The Kier molecular flexibility index (Phi) is 6.53. The summed E-state index contributed by atoms with van der Waals surface area (Å²) < 4.78 is 28.5. The van der Waals surface area contributed by atoms with Gasteiger partial charge in [-0.3, -0.25) is 23.6 Å². The first-order valence-corrected chi connectivity index (χ1v) is 12.6. The van der Waals surface area contributed by atoms with Crippen LogP contribution in [-0.2, 0) is 9.13 Å². The van der Waals surface area contributed by atoms with Crippen molar-refractivity contribution in [3.8, 4) is 5.75 Å². The maximum atomic E-state index is 12.5. The standard InChI is InChI=1S/C19H21NO9P2/c1-12(20-17(21)15-4-2-3-5-16(15)18(20)22)10-11-29-14-8-6-13(7-9-14)19(30(23,24)25)31(26,27)28/h2-9,12,19H,10-11H2,1H3,(H2,23,24,25)(H2,26,27,28). The predicted octanol–water partition coefficient (Wildman–Crippen LogP) is 2.49. The monoisotopic (exact) mass is 469 g/mol. The van der Waals surface area contributed by atoms with E-state index < -0.39 is 26.6 Å². The molecule has 2 amide bonds. The Morgan fingerprint density at radius 3 is 1.81 bits per heavy atom. The molecule has 1 atom stereocenters. The molecule has 4 N–H and O–H groups in total. The van der Waals surface area contributed by atoms with Crippen molar-refractivity contribution >= 4 is 27.0 Å². The van der Waals surface area contributed by atoms with E-state index in [-0.39, 0.29) is 24.0 Å². The van der Waals surface area contributed by atoms with Crippen LogP contribution >= 0.6 is 15.2 Å². The van der Waals surface area contributed by atoms with Crippen molar-refractivity contribution in [3.05, 3.63) is 65.2 Å². The summed E-state index contributed by atoms with van der Waals surface area (Å²) in [4.78, 5) is 63.3. The number of hydrogen-bond donors (Lipinski definition) is 4. The normalized spacial score (nSPS) is 15.4. The van der Waals surface area contributed by atoms with Crippen LogP contribution in [0.4, 0.5) is 0 Å². The fourth-order valence-electron chi connectivity index (χ4n) is 3.41. The summed E-state index contributed by atoms with van der Waals surface area (Å²) in [6, 6.07) is 11.2. The molecule has 0 radical (unpaired) electrons. The van der Waals surface area contributed by atoms with Gasteiger partial charge in [-0.1, -0.05) is 24.3 Å². The molecule has 0 saturated heterocycles. The van der Waals surface area contributed by atoms with Gasteiger partial charge in [-0.25, -0.2) is 0 Å². The smallest absolute Gasteiger partial charge is 0.345 e. The van der Waals surface area contributed by atoms with Crippen molar-refractivity contribution in [1.29, 1.82) is 0 Å². The fraction of sp³-hybridized carbons (Fsp3) is 0.263. The van der Waals surface area contributed by atoms with E-state index in [1.807, 2.05) is 0 Å². The first-order chi connectivity index (χ1) is 14.4. The van der Waals surface area contributed by atoms with Gasteiger partial charge in [0.1, 0.15) is 5.75 Å². The lowest BCUT2D eigenvalue weighted by Crippen LogP contribution is -2.38. The van der Waals surface area contributed by atoms with Crippen LogP contribution in [0.25, 0.3) is 0 Å². The third kappa shape index (κ3) is 4.96. The van der Waals surface area contributed by atoms with E-state index in [1.54, 1.807) is 31.2 Å². The molecule has 10 nitrogen and oxygen atoms in total. The lowest BCUT2D eigenvalue weighted by atomic mass is 10.1. The Labute approximate surface area is 177 Å². The zero-order valence-electron chi connectivity index (χ0n) is 16.4. The van der Waals surface area contributed by atoms with Crippen LogP contribution in [0.5, 0.6) is 5.75 Å². The number of carbonyl (C=O) groups is 2. The van der Waals surface area contributed by atoms with Gasteiger partial charge in [0.25, 0.3) is 11.8 Å². The molecule has 0 fully saturated rings. The van der Waals surface area contributed by atoms with E-state index in [4.69, 9.17) is 4.74 Å². The van der Waals surface area contributed by atoms with Crippen molar-refractivity contribution in [2.24, 2.45) is 0 Å². The number of fused-ring (bicyclic) bond motifs is 1. The summed E-state index contributed by atoms with van der Waals surface area (Å²) in [5, 5.41) is -2.25. The molecule has 0 aromatic heterocycles. The predicted molar refractivity (Wildman–Crippen MR) is 110 cm³/mol. The van der Waals surface area contributed by atoms with Crippen molar-refractivity contribution in [1.82, 2.24) is 4.90 Å². The van der Waals surface area contributed by atoms with Crippen LogP contribution in [0.15, 0.2) is 48.5 Å². The van der Waals surface area contributed by atoms with Gasteiger partial charge in [0, 0.05) is 12.5 Å². The molecule has 166 valence electrons. The molecular formula is C19H21NO9P2. The number of imide groups is 1. The number of hydrogen-bond acceptors (Lipinski definition) is 5. The Morgan fingerprint density at radius 1 is 0.871 bits per heavy atom. The minimum Gasteiger partial charge on any atom is -0.494 e. The van der Waals surface area contributed by atoms with Crippen LogP contribution in [0.1, 0.15) is 45.0 Å². The van der Waals surface area contributed by atoms with E-state index in [0.29, 0.717) is 23.3 Å². The number of rotatable bonds is 8. The molecule has 3 rings (SSSR count). The molecule has 12 heteroatoms. The number of carbonyl (C=O) groups excluding carboxylic acids is 2. The molecule has 2 aromatic rings. The molecular weight excluding hydrogens is 448 g/mol. The molecule has 1 aliphatic heterocycles. The van der Waals surface area contributed by atoms with Gasteiger partial charge in [0.2, 0.25) is 0 Å². The van der Waals surface area contributed by atoms with E-state index in [0.717, 1.165) is 0 Å². The highest BCUT2D eigenvalue weighted by atomic mass is 31.2. The van der Waals surface area contributed by atoms with Gasteiger partial charge in [0.15, 0.2) is 5.40 Å². The Bertz CT molecular complexity index is 1030. The third-order valence-corrected chi connectivity index (χ3v) is 8.56. The Morgan fingerprint density at radius 2 is 1.35 bits per heavy atom. The second kappa shape index (κ2) is 8.67. The largest absolute Gasteiger partial charge is 0.494 e. The second-order valence-electron chi connectivity index (χ2n) is 7.13. The van der Waals surface area contributed by atoms with Gasteiger partial charge in [0.05, 0.1) is 17.7 Å². The van der Waals surface area contributed by atoms with Crippen LogP contribution in [-0.4, -0.2) is 48.9 Å². The second-order valence-corrected chi connectivity index (χ2v) is 10.9. The molecule has 1 heterocycles. The maximum Gasteiger partial charge on any atom is 0.345 e. The molecule has 0 spiro atoms. The average Bonchev–Trinajstić information content (AvgIpc) is 2.92. The zero-order chi connectivity index (χ0) is 23.0. The van der Waals surface area contributed by atoms with Crippen molar-refractivity contribution in [2.45, 2.75) is 24.8 Å². The minimum atomic E-state index is -5.09. The summed E-state index contributed by atoms with van der Waals surface area (Å²) in [6.07, 6.45) is 0.334. The zero-order valence-corrected chi connectivity index (χ0v) is 18.1. The Hall–Kier alpha value is -2.32. The lowest BCUT2D eigenvalue weighted by Gasteiger charge is -2.22. The summed E-state index contributed by atoms with van der Waals surface area (Å²) in [5.74, 6) is -0.426. The molecule has 2 aromatic carbocycles. The highest BCUT2D eigenvalue weighted by molar-refractivity contribution is 7.70. The van der Waals surface area contributed by atoms with E-state index in [2.05, 4.69) is 0 Å². The number of nitrogens with zero attached hydrogens (tertiary/aromatic N) is 1. The topological polar surface area (TPSA) is 162 Å². The molecule has 1 aliphatic rings. The van der Waals surface area contributed by atoms with Crippen LogP contribution < -0.4 is 4.74 Å². The van der Waals surface area contributed by atoms with Gasteiger partial charge in [-0.05, 0) is 36.8 Å². The Balaban J connectivity index is 1.62. The molecule has 31 heavy (non-hydrogen) atoms. The average molecular weight is 469 g/mol. The summed E-state index contributed by atoms with van der Waals surface area (Å²) in [5.41, 5.74) is 0.509. The van der Waals surface area contributed by atoms with E-state index >= 15 is 0 Å². The first-order valence-electron chi connectivity index (χ1n) is 9.21. The maximum absolute atomic E-state index is 12.5. The highest BCUT2D eigenvalue weighted by Crippen LogP contribution is 2.69. The lowest BCUT2D eigenvalue weighted by molar-refractivity contribution is 0.0579. The fourth-order valence-corrected chi connectivity index (χ4v) is 6.09. The third-order valence-electron chi connectivity index (χ3n) is 4.89. The molecule has 0 aliphatic carbocycles. The summed E-state index contributed by atoms with van der Waals surface area (Å²) >= 11 is 0. The molecule has 1 unspecified atom stereocenters. The van der Waals surface area contributed by atoms with Crippen molar-refractivity contribution in [2.75, 3.05) is 6.61 Å². The number of amides is 2. The summed E-state index contributed by atoms with van der Waals surface area (Å²) in [7, 11) is -10.2. The summed E-state index contributed by atoms with van der Waals surface area (Å²) in [6.45, 7) is 1.85.